The minimum atomic E-state index is -1.02. The van der Waals surface area contributed by atoms with E-state index in [0.717, 1.165) is 54.4 Å². The van der Waals surface area contributed by atoms with E-state index >= 15 is 0 Å². The minimum Gasteiger partial charge on any atom is -0.451 e. The van der Waals surface area contributed by atoms with Gasteiger partial charge in [0.25, 0.3) is 5.91 Å². The molecule has 0 spiro atoms. The van der Waals surface area contributed by atoms with E-state index in [1.54, 1.807) is 13.2 Å². The van der Waals surface area contributed by atoms with Crippen LogP contribution in [0.5, 0.6) is 0 Å². The van der Waals surface area contributed by atoms with Crippen LogP contribution in [-0.4, -0.2) is 43.1 Å². The highest BCUT2D eigenvalue weighted by Gasteiger charge is 2.50. The first-order chi connectivity index (χ1) is 18.4. The quantitative estimate of drug-likeness (QED) is 0.438. The molecule has 0 atom stereocenters. The summed E-state index contributed by atoms with van der Waals surface area (Å²) in [6.07, 6.45) is 5.11. The highest BCUT2D eigenvalue weighted by molar-refractivity contribution is 6.00. The van der Waals surface area contributed by atoms with Crippen molar-refractivity contribution in [3.8, 4) is 17.2 Å². The number of nitriles is 1. The van der Waals surface area contributed by atoms with Crippen LogP contribution in [0.2, 0.25) is 0 Å². The third-order valence-corrected chi connectivity index (χ3v) is 8.51. The zero-order chi connectivity index (χ0) is 26.4. The molecule has 2 heterocycles. The lowest BCUT2D eigenvalue weighted by Gasteiger charge is -2.41. The lowest BCUT2D eigenvalue weighted by Crippen LogP contribution is -2.61. The maximum absolute atomic E-state index is 13.3. The molecule has 3 aliphatic rings. The van der Waals surface area contributed by atoms with Crippen LogP contribution in [0.3, 0.4) is 0 Å². The number of rotatable bonds is 7. The molecule has 38 heavy (non-hydrogen) atoms. The Morgan fingerprint density at radius 2 is 1.66 bits per heavy atom. The molecule has 196 valence electrons. The third-order valence-electron chi connectivity index (χ3n) is 8.51. The first-order valence-electron chi connectivity index (χ1n) is 13.4. The molecule has 2 aromatic carbocycles. The van der Waals surface area contributed by atoms with Gasteiger partial charge in [-0.05, 0) is 54.5 Å². The van der Waals surface area contributed by atoms with E-state index in [4.69, 9.17) is 9.15 Å². The molecule has 1 aliphatic heterocycles. The van der Waals surface area contributed by atoms with Gasteiger partial charge in [-0.25, -0.2) is 0 Å². The molecule has 1 aromatic heterocycles. The van der Waals surface area contributed by atoms with Crippen molar-refractivity contribution in [1.82, 2.24) is 16.0 Å². The van der Waals surface area contributed by atoms with Crippen molar-refractivity contribution < 1.29 is 18.7 Å². The second-order valence-corrected chi connectivity index (χ2v) is 11.0. The number of ether oxygens (including phenoxy) is 1. The van der Waals surface area contributed by atoms with Crippen molar-refractivity contribution in [2.45, 2.75) is 61.6 Å². The highest BCUT2D eigenvalue weighted by atomic mass is 16.5. The van der Waals surface area contributed by atoms with E-state index in [9.17, 15) is 14.9 Å². The molecule has 2 aliphatic carbocycles. The van der Waals surface area contributed by atoms with Gasteiger partial charge >= 0.3 is 0 Å². The van der Waals surface area contributed by atoms with Crippen LogP contribution in [0.25, 0.3) is 22.1 Å². The van der Waals surface area contributed by atoms with Crippen molar-refractivity contribution in [2.24, 2.45) is 0 Å². The maximum atomic E-state index is 13.3. The lowest BCUT2D eigenvalue weighted by atomic mass is 9.80. The number of benzene rings is 2. The van der Waals surface area contributed by atoms with Crippen LogP contribution < -0.4 is 16.0 Å². The summed E-state index contributed by atoms with van der Waals surface area (Å²) in [4.78, 5) is 26.6. The number of carbonyl (C=O) groups excluding carboxylic acids is 2. The molecule has 8 heteroatoms. The first kappa shape index (κ1) is 24.7. The second-order valence-electron chi connectivity index (χ2n) is 11.0. The summed E-state index contributed by atoms with van der Waals surface area (Å²) in [5.74, 6) is -0.504. The van der Waals surface area contributed by atoms with Crippen molar-refractivity contribution in [2.75, 3.05) is 20.2 Å². The number of carbonyl (C=O) groups is 2. The molecule has 3 aromatic rings. The van der Waals surface area contributed by atoms with E-state index in [1.165, 1.54) is 0 Å². The zero-order valence-electron chi connectivity index (χ0n) is 21.6. The summed E-state index contributed by atoms with van der Waals surface area (Å²) >= 11 is 0. The fourth-order valence-electron chi connectivity index (χ4n) is 5.68. The number of hydrogen-bond acceptors (Lipinski definition) is 6. The standard InChI is InChI=1S/C30H32N4O4/c1-37-30(18-32-19-30)23-9-7-20(8-10-23)21-5-6-22-16-25(38-24(22)15-21)26(35)33-29(11-3-2-4-12-29)27(36)34-28(17-31)13-14-28/h5-10,15-16,32H,2-4,11-14,18-19H2,1H3,(H,33,35)(H,34,36). The van der Waals surface area contributed by atoms with E-state index < -0.39 is 17.0 Å². The van der Waals surface area contributed by atoms with Gasteiger partial charge in [0.2, 0.25) is 5.91 Å². The number of nitrogens with zero attached hydrogens (tertiary/aromatic N) is 1. The maximum Gasteiger partial charge on any atom is 0.287 e. The number of methoxy groups -OCH3 is 1. The summed E-state index contributed by atoms with van der Waals surface area (Å²) in [5.41, 5.74) is 1.72. The van der Waals surface area contributed by atoms with Gasteiger partial charge in [-0.15, -0.1) is 0 Å². The Hall–Kier alpha value is -3.67. The Labute approximate surface area is 221 Å². The fraction of sp³-hybridized carbons (Fsp3) is 0.433. The average molecular weight is 513 g/mol. The van der Waals surface area contributed by atoms with Crippen LogP contribution in [-0.2, 0) is 15.1 Å². The second kappa shape index (κ2) is 9.26. The first-order valence-corrected chi connectivity index (χ1v) is 13.4. The van der Waals surface area contributed by atoms with Crippen LogP contribution in [0.4, 0.5) is 0 Å². The molecule has 3 fully saturated rings. The number of amides is 2. The van der Waals surface area contributed by atoms with Crippen LogP contribution in [0.15, 0.2) is 52.9 Å². The Balaban J connectivity index is 1.21. The molecule has 0 unspecified atom stereocenters. The van der Waals surface area contributed by atoms with Gasteiger partial charge in [0.05, 0.1) is 6.07 Å². The number of nitrogens with one attached hydrogen (secondary N) is 3. The van der Waals surface area contributed by atoms with Gasteiger partial charge in [-0.3, -0.25) is 9.59 Å². The zero-order valence-corrected chi connectivity index (χ0v) is 21.6. The summed E-state index contributed by atoms with van der Waals surface area (Å²) in [5, 5.41) is 19.4. The lowest BCUT2D eigenvalue weighted by molar-refractivity contribution is -0.129. The molecular formula is C30H32N4O4. The summed E-state index contributed by atoms with van der Waals surface area (Å²) in [6, 6.07) is 18.2. The SMILES string of the molecule is COC1(c2ccc(-c3ccc4cc(C(=O)NC5(C(=O)NC6(C#N)CC6)CCCCC5)oc4c3)cc2)CNC1. The van der Waals surface area contributed by atoms with Crippen molar-refractivity contribution in [1.29, 1.82) is 5.26 Å². The normalized spacial score (nSPS) is 20.6. The summed E-state index contributed by atoms with van der Waals surface area (Å²) in [6.45, 7) is 1.60. The van der Waals surface area contributed by atoms with E-state index in [0.29, 0.717) is 31.3 Å². The topological polar surface area (TPSA) is 116 Å². The molecule has 6 rings (SSSR count). The predicted octanol–water partition coefficient (Wildman–Crippen LogP) is 4.15. The monoisotopic (exact) mass is 512 g/mol. The third kappa shape index (κ3) is 4.26. The molecule has 0 radical (unpaired) electrons. The predicted molar refractivity (Wildman–Crippen MR) is 142 cm³/mol. The Bertz CT molecular complexity index is 1420. The largest absolute Gasteiger partial charge is 0.451 e. The summed E-state index contributed by atoms with van der Waals surface area (Å²) in [7, 11) is 1.74. The Morgan fingerprint density at radius 1 is 0.947 bits per heavy atom. The fourth-order valence-corrected chi connectivity index (χ4v) is 5.68. The molecule has 2 saturated carbocycles. The smallest absolute Gasteiger partial charge is 0.287 e. The van der Waals surface area contributed by atoms with Gasteiger partial charge in [0.15, 0.2) is 5.76 Å². The Kier molecular flexibility index (Phi) is 6.01. The van der Waals surface area contributed by atoms with Crippen LogP contribution in [0.1, 0.15) is 61.1 Å². The van der Waals surface area contributed by atoms with E-state index in [1.807, 2.05) is 18.2 Å². The van der Waals surface area contributed by atoms with Crippen molar-refractivity contribution >= 4 is 22.8 Å². The van der Waals surface area contributed by atoms with Crippen molar-refractivity contribution in [3.05, 3.63) is 59.9 Å². The molecule has 1 saturated heterocycles. The number of furan rings is 1. The highest BCUT2D eigenvalue weighted by Crippen LogP contribution is 2.37. The summed E-state index contributed by atoms with van der Waals surface area (Å²) < 4.78 is 11.7. The van der Waals surface area contributed by atoms with E-state index in [2.05, 4.69) is 46.3 Å². The van der Waals surface area contributed by atoms with Gasteiger partial charge < -0.3 is 25.1 Å². The van der Waals surface area contributed by atoms with Gasteiger partial charge in [0, 0.05) is 25.6 Å². The Morgan fingerprint density at radius 3 is 2.26 bits per heavy atom. The molecule has 3 N–H and O–H groups in total. The van der Waals surface area contributed by atoms with Crippen LogP contribution in [0, 0.1) is 11.3 Å². The number of hydrogen-bond donors (Lipinski definition) is 3. The minimum absolute atomic E-state index is 0.172. The molecule has 8 nitrogen and oxygen atoms in total. The van der Waals surface area contributed by atoms with Gasteiger partial charge in [-0.2, -0.15) is 5.26 Å². The van der Waals surface area contributed by atoms with Gasteiger partial charge in [-0.1, -0.05) is 55.7 Å². The molecule has 0 bridgehead atoms. The van der Waals surface area contributed by atoms with Crippen LogP contribution >= 0.6 is 0 Å². The van der Waals surface area contributed by atoms with E-state index in [-0.39, 0.29) is 17.3 Å². The molecular weight excluding hydrogens is 480 g/mol. The average Bonchev–Trinajstić information content (AvgIpc) is 3.56. The number of fused-ring (bicyclic) bond motifs is 1. The molecule has 2 amide bonds. The van der Waals surface area contributed by atoms with Gasteiger partial charge in [0.1, 0.15) is 22.3 Å². The van der Waals surface area contributed by atoms with Crippen molar-refractivity contribution in [3.63, 3.8) is 0 Å².